The summed E-state index contributed by atoms with van der Waals surface area (Å²) in [6.07, 6.45) is 0.135. The summed E-state index contributed by atoms with van der Waals surface area (Å²) in [5, 5.41) is 0. The van der Waals surface area contributed by atoms with Gasteiger partial charge in [-0.05, 0) is 56.7 Å². The summed E-state index contributed by atoms with van der Waals surface area (Å²) >= 11 is 0. The maximum atomic E-state index is 13.2. The van der Waals surface area contributed by atoms with Crippen LogP contribution in [0, 0.1) is 0 Å². The second-order valence-corrected chi connectivity index (χ2v) is 9.63. The molecule has 0 N–H and O–H groups in total. The van der Waals surface area contributed by atoms with E-state index in [1.54, 1.807) is 54.6 Å². The number of ether oxygens (including phenoxy) is 3. The maximum absolute atomic E-state index is 13.2. The van der Waals surface area contributed by atoms with Crippen molar-refractivity contribution < 1.29 is 32.2 Å². The van der Waals surface area contributed by atoms with Gasteiger partial charge in [0.1, 0.15) is 0 Å². The van der Waals surface area contributed by atoms with Crippen LogP contribution >= 0.6 is 0 Å². The van der Waals surface area contributed by atoms with Crippen LogP contribution in [0.5, 0.6) is 11.5 Å². The number of carbonyl (C=O) groups excluding carboxylic acids is 2. The largest absolute Gasteiger partial charge is 0.490 e. The van der Waals surface area contributed by atoms with Crippen molar-refractivity contribution in [1.29, 1.82) is 0 Å². The Morgan fingerprint density at radius 3 is 2.09 bits per heavy atom. The van der Waals surface area contributed by atoms with E-state index in [0.29, 0.717) is 30.3 Å². The van der Waals surface area contributed by atoms with Gasteiger partial charge >= 0.3 is 5.97 Å². The molecule has 0 aliphatic carbocycles. The summed E-state index contributed by atoms with van der Waals surface area (Å²) in [7, 11) is -3.46. The molecule has 0 unspecified atom stereocenters. The van der Waals surface area contributed by atoms with Crippen LogP contribution in [0.1, 0.15) is 46.5 Å². The first-order valence-electron chi connectivity index (χ1n) is 11.4. The van der Waals surface area contributed by atoms with Crippen molar-refractivity contribution in [2.75, 3.05) is 25.6 Å². The van der Waals surface area contributed by atoms with Gasteiger partial charge in [0.2, 0.25) is 0 Å². The molecule has 0 amide bonds. The molecule has 3 aromatic rings. The second kappa shape index (κ2) is 12.2. The maximum Gasteiger partial charge on any atom is 0.338 e. The lowest BCUT2D eigenvalue weighted by atomic mass is 9.98. The molecule has 0 saturated heterocycles. The summed E-state index contributed by atoms with van der Waals surface area (Å²) in [6, 6.07) is 19.3. The van der Waals surface area contributed by atoms with Crippen LogP contribution in [0.3, 0.4) is 0 Å². The minimum absolute atomic E-state index is 0.0923. The lowest BCUT2D eigenvalue weighted by Gasteiger charge is -2.13. The SMILES string of the molecule is CCOc1ccc(C(=O)c2ccccc2C(=O)OCCCS(=O)(=O)c2ccccc2)cc1OCC. The zero-order valence-corrected chi connectivity index (χ0v) is 20.5. The van der Waals surface area contributed by atoms with Gasteiger partial charge in [0.15, 0.2) is 27.1 Å². The third kappa shape index (κ3) is 6.70. The molecule has 0 saturated carbocycles. The first-order valence-corrected chi connectivity index (χ1v) is 13.0. The number of hydrogen-bond acceptors (Lipinski definition) is 7. The van der Waals surface area contributed by atoms with Crippen LogP contribution in [0.2, 0.25) is 0 Å². The number of hydrogen-bond donors (Lipinski definition) is 0. The lowest BCUT2D eigenvalue weighted by molar-refractivity contribution is 0.0503. The molecule has 0 spiro atoms. The Morgan fingerprint density at radius 2 is 1.40 bits per heavy atom. The molecule has 0 aromatic heterocycles. The Hall–Kier alpha value is -3.65. The molecule has 0 aliphatic heterocycles. The van der Waals surface area contributed by atoms with Crippen molar-refractivity contribution in [3.8, 4) is 11.5 Å². The number of benzene rings is 3. The minimum atomic E-state index is -3.46. The first kappa shape index (κ1) is 26.0. The van der Waals surface area contributed by atoms with Crippen molar-refractivity contribution in [2.24, 2.45) is 0 Å². The highest BCUT2D eigenvalue weighted by Crippen LogP contribution is 2.30. The van der Waals surface area contributed by atoms with Crippen molar-refractivity contribution in [2.45, 2.75) is 25.2 Å². The minimum Gasteiger partial charge on any atom is -0.490 e. The highest BCUT2D eigenvalue weighted by Gasteiger charge is 2.21. The molecule has 3 aromatic carbocycles. The second-order valence-electron chi connectivity index (χ2n) is 7.52. The predicted octanol–water partition coefficient (Wildman–Crippen LogP) is 4.74. The summed E-state index contributed by atoms with van der Waals surface area (Å²) in [6.45, 7) is 4.45. The summed E-state index contributed by atoms with van der Waals surface area (Å²) < 4.78 is 41.2. The highest BCUT2D eigenvalue weighted by molar-refractivity contribution is 7.91. The van der Waals surface area contributed by atoms with Crippen LogP contribution in [-0.4, -0.2) is 45.7 Å². The molecule has 184 valence electrons. The summed E-state index contributed by atoms with van der Waals surface area (Å²) in [5.74, 6) is -0.240. The molecule has 7 nitrogen and oxygen atoms in total. The molecular formula is C27H28O7S. The first-order chi connectivity index (χ1) is 16.9. The van der Waals surface area contributed by atoms with Crippen LogP contribution in [0.15, 0.2) is 77.7 Å². The highest BCUT2D eigenvalue weighted by atomic mass is 32.2. The summed E-state index contributed by atoms with van der Waals surface area (Å²) in [5.41, 5.74) is 0.627. The van der Waals surface area contributed by atoms with E-state index in [4.69, 9.17) is 14.2 Å². The number of ketones is 1. The fourth-order valence-corrected chi connectivity index (χ4v) is 4.75. The number of carbonyl (C=O) groups is 2. The van der Waals surface area contributed by atoms with Crippen LogP contribution in [0.4, 0.5) is 0 Å². The molecule has 35 heavy (non-hydrogen) atoms. The van der Waals surface area contributed by atoms with Gasteiger partial charge in [-0.2, -0.15) is 0 Å². The van der Waals surface area contributed by atoms with Crippen molar-refractivity contribution in [3.63, 3.8) is 0 Å². The zero-order valence-electron chi connectivity index (χ0n) is 19.7. The monoisotopic (exact) mass is 496 g/mol. The van der Waals surface area contributed by atoms with E-state index in [1.807, 2.05) is 13.8 Å². The van der Waals surface area contributed by atoms with Crippen molar-refractivity contribution in [3.05, 3.63) is 89.5 Å². The molecule has 8 heteroatoms. The predicted molar refractivity (Wildman–Crippen MR) is 132 cm³/mol. The smallest absolute Gasteiger partial charge is 0.338 e. The van der Waals surface area contributed by atoms with Crippen LogP contribution in [-0.2, 0) is 14.6 Å². The van der Waals surface area contributed by atoms with E-state index in [-0.39, 0.29) is 40.6 Å². The van der Waals surface area contributed by atoms with E-state index >= 15 is 0 Å². The van der Waals surface area contributed by atoms with Gasteiger partial charge in [0, 0.05) is 11.1 Å². The molecule has 0 heterocycles. The average Bonchev–Trinajstić information content (AvgIpc) is 2.88. The van der Waals surface area contributed by atoms with Crippen LogP contribution in [0.25, 0.3) is 0 Å². The van der Waals surface area contributed by atoms with E-state index in [0.717, 1.165) is 0 Å². The van der Waals surface area contributed by atoms with E-state index < -0.39 is 15.8 Å². The molecule has 0 aliphatic rings. The third-order valence-corrected chi connectivity index (χ3v) is 6.91. The third-order valence-electron chi connectivity index (χ3n) is 5.09. The Balaban J connectivity index is 1.70. The van der Waals surface area contributed by atoms with Crippen molar-refractivity contribution in [1.82, 2.24) is 0 Å². The van der Waals surface area contributed by atoms with E-state index in [9.17, 15) is 18.0 Å². The van der Waals surface area contributed by atoms with Crippen molar-refractivity contribution >= 4 is 21.6 Å². The topological polar surface area (TPSA) is 96.0 Å². The Bertz CT molecular complexity index is 1270. The van der Waals surface area contributed by atoms with Gasteiger partial charge in [-0.3, -0.25) is 4.79 Å². The van der Waals surface area contributed by atoms with Gasteiger partial charge in [0.25, 0.3) is 0 Å². The molecule has 0 bridgehead atoms. The molecule has 3 rings (SSSR count). The van der Waals surface area contributed by atoms with Crippen LogP contribution < -0.4 is 9.47 Å². The number of esters is 1. The standard InChI is InChI=1S/C27H28O7S/c1-3-32-24-16-15-20(19-25(24)33-4-2)26(28)22-13-8-9-14-23(22)27(29)34-17-10-18-35(30,31)21-11-6-5-7-12-21/h5-9,11-16,19H,3-4,10,17-18H2,1-2H3. The van der Waals surface area contributed by atoms with E-state index in [2.05, 4.69) is 0 Å². The van der Waals surface area contributed by atoms with Gasteiger partial charge in [0.05, 0.1) is 36.0 Å². The zero-order chi connectivity index (χ0) is 25.3. The molecule has 0 fully saturated rings. The average molecular weight is 497 g/mol. The Morgan fingerprint density at radius 1 is 0.771 bits per heavy atom. The Labute approximate surface area is 205 Å². The Kier molecular flexibility index (Phi) is 9.03. The summed E-state index contributed by atoms with van der Waals surface area (Å²) in [4.78, 5) is 26.2. The normalized spacial score (nSPS) is 11.0. The fourth-order valence-electron chi connectivity index (χ4n) is 3.44. The molecular weight excluding hydrogens is 468 g/mol. The molecule has 0 atom stereocenters. The van der Waals surface area contributed by atoms with Gasteiger partial charge < -0.3 is 14.2 Å². The number of sulfone groups is 1. The van der Waals surface area contributed by atoms with Gasteiger partial charge in [-0.25, -0.2) is 13.2 Å². The quantitative estimate of drug-likeness (QED) is 0.203. The van der Waals surface area contributed by atoms with Gasteiger partial charge in [-0.15, -0.1) is 0 Å². The van der Waals surface area contributed by atoms with E-state index in [1.165, 1.54) is 18.2 Å². The number of rotatable bonds is 12. The fraction of sp³-hybridized carbons (Fsp3) is 0.259. The van der Waals surface area contributed by atoms with Gasteiger partial charge in [-0.1, -0.05) is 36.4 Å². The molecule has 0 radical (unpaired) electrons. The lowest BCUT2D eigenvalue weighted by Crippen LogP contribution is -2.15.